The quantitative estimate of drug-likeness (QED) is 0.538. The monoisotopic (exact) mass is 529 g/mol. The zero-order chi connectivity index (χ0) is 23.2. The van der Waals surface area contributed by atoms with Gasteiger partial charge < -0.3 is 10.2 Å². The van der Waals surface area contributed by atoms with E-state index in [4.69, 9.17) is 11.6 Å². The van der Waals surface area contributed by atoms with Crippen LogP contribution in [0.5, 0.6) is 0 Å². The first-order valence-corrected chi connectivity index (χ1v) is 12.6. The molecule has 2 aromatic rings. The molecule has 1 N–H and O–H groups in total. The Morgan fingerprint density at radius 2 is 1.84 bits per heavy atom. The van der Waals surface area contributed by atoms with Crippen LogP contribution in [0.3, 0.4) is 0 Å². The molecule has 10 heteroatoms. The molecule has 0 bridgehead atoms. The van der Waals surface area contributed by atoms with Gasteiger partial charge in [0, 0.05) is 22.6 Å². The van der Waals surface area contributed by atoms with Crippen molar-refractivity contribution in [1.29, 1.82) is 0 Å². The van der Waals surface area contributed by atoms with Crippen LogP contribution < -0.4 is 9.62 Å². The van der Waals surface area contributed by atoms with E-state index in [9.17, 15) is 18.0 Å². The summed E-state index contributed by atoms with van der Waals surface area (Å²) in [5.41, 5.74) is 1.07. The van der Waals surface area contributed by atoms with Gasteiger partial charge in [-0.2, -0.15) is 0 Å². The standard InChI is InChI=1S/C21H25BrClN3O4S/c1-4-24-21(28)15(2)25(13-16-8-7-9-17(23)12-16)20(27)14-26(31(3,29)30)19-11-6-5-10-18(19)22/h5-12,15H,4,13-14H2,1-3H3,(H,24,28)/t15-/m0/s1. The molecule has 0 unspecified atom stereocenters. The van der Waals surface area contributed by atoms with Crippen LogP contribution in [-0.4, -0.2) is 50.5 Å². The number of carbonyl (C=O) groups excluding carboxylic acids is 2. The number of amides is 2. The Bertz CT molecular complexity index is 1050. The molecule has 0 fully saturated rings. The fourth-order valence-electron chi connectivity index (χ4n) is 2.99. The molecule has 2 aromatic carbocycles. The smallest absolute Gasteiger partial charge is 0.244 e. The minimum atomic E-state index is -3.77. The lowest BCUT2D eigenvalue weighted by atomic mass is 10.1. The van der Waals surface area contributed by atoms with E-state index in [1.54, 1.807) is 62.4 Å². The predicted molar refractivity (Wildman–Crippen MR) is 126 cm³/mol. The average molecular weight is 531 g/mol. The van der Waals surface area contributed by atoms with Crippen molar-refractivity contribution in [2.24, 2.45) is 0 Å². The van der Waals surface area contributed by atoms with Gasteiger partial charge >= 0.3 is 0 Å². The topological polar surface area (TPSA) is 86.8 Å². The first-order chi connectivity index (χ1) is 14.5. The Labute approximate surface area is 196 Å². The first-order valence-electron chi connectivity index (χ1n) is 9.58. The normalized spacial score (nSPS) is 12.2. The van der Waals surface area contributed by atoms with Crippen LogP contribution in [0.2, 0.25) is 5.02 Å². The van der Waals surface area contributed by atoms with E-state index >= 15 is 0 Å². The fourth-order valence-corrected chi connectivity index (χ4v) is 4.68. The van der Waals surface area contributed by atoms with E-state index in [0.29, 0.717) is 21.7 Å². The fraction of sp³-hybridized carbons (Fsp3) is 0.333. The van der Waals surface area contributed by atoms with Crippen molar-refractivity contribution in [3.63, 3.8) is 0 Å². The number of anilines is 1. The van der Waals surface area contributed by atoms with Crippen LogP contribution >= 0.6 is 27.5 Å². The maximum Gasteiger partial charge on any atom is 0.244 e. The Morgan fingerprint density at radius 3 is 2.42 bits per heavy atom. The Kier molecular flexibility index (Phi) is 8.90. The number of rotatable bonds is 9. The summed E-state index contributed by atoms with van der Waals surface area (Å²) in [6.45, 7) is 3.45. The highest BCUT2D eigenvalue weighted by Gasteiger charge is 2.30. The number of benzene rings is 2. The highest BCUT2D eigenvalue weighted by Crippen LogP contribution is 2.28. The van der Waals surface area contributed by atoms with E-state index in [-0.39, 0.29) is 12.5 Å². The van der Waals surface area contributed by atoms with E-state index in [0.717, 1.165) is 16.1 Å². The highest BCUT2D eigenvalue weighted by molar-refractivity contribution is 9.10. The molecular weight excluding hydrogens is 506 g/mol. The molecule has 1 atom stereocenters. The molecule has 0 aliphatic carbocycles. The molecule has 7 nitrogen and oxygen atoms in total. The minimum Gasteiger partial charge on any atom is -0.355 e. The summed E-state index contributed by atoms with van der Waals surface area (Å²) in [7, 11) is -3.77. The van der Waals surface area contributed by atoms with E-state index in [2.05, 4.69) is 21.2 Å². The molecule has 2 amide bonds. The molecule has 0 aliphatic heterocycles. The average Bonchev–Trinajstić information content (AvgIpc) is 2.69. The molecule has 0 aromatic heterocycles. The summed E-state index contributed by atoms with van der Waals surface area (Å²) in [4.78, 5) is 27.2. The molecule has 168 valence electrons. The number of nitrogens with one attached hydrogen (secondary N) is 1. The highest BCUT2D eigenvalue weighted by atomic mass is 79.9. The van der Waals surface area contributed by atoms with Crippen LogP contribution in [0.1, 0.15) is 19.4 Å². The van der Waals surface area contributed by atoms with Gasteiger partial charge in [-0.25, -0.2) is 8.42 Å². The van der Waals surface area contributed by atoms with Gasteiger partial charge in [-0.3, -0.25) is 13.9 Å². The number of hydrogen-bond donors (Lipinski definition) is 1. The van der Waals surface area contributed by atoms with Crippen molar-refractivity contribution >= 4 is 55.1 Å². The number of sulfonamides is 1. The van der Waals surface area contributed by atoms with E-state index in [1.807, 2.05) is 0 Å². The van der Waals surface area contributed by atoms with Crippen molar-refractivity contribution in [3.05, 3.63) is 63.6 Å². The maximum absolute atomic E-state index is 13.3. The maximum atomic E-state index is 13.3. The van der Waals surface area contributed by atoms with Gasteiger partial charge in [0.1, 0.15) is 12.6 Å². The summed E-state index contributed by atoms with van der Waals surface area (Å²) in [6.07, 6.45) is 1.04. The van der Waals surface area contributed by atoms with E-state index < -0.39 is 28.5 Å². The Balaban J connectivity index is 2.40. The number of halogens is 2. The van der Waals surface area contributed by atoms with Gasteiger partial charge in [-0.1, -0.05) is 35.9 Å². The molecule has 0 saturated carbocycles. The summed E-state index contributed by atoms with van der Waals surface area (Å²) in [6, 6.07) is 12.9. The second-order valence-electron chi connectivity index (χ2n) is 6.94. The number of para-hydroxylation sites is 1. The largest absolute Gasteiger partial charge is 0.355 e. The summed E-state index contributed by atoms with van der Waals surface area (Å²) >= 11 is 9.41. The van der Waals surface area contributed by atoms with Gasteiger partial charge in [0.2, 0.25) is 21.8 Å². The minimum absolute atomic E-state index is 0.102. The van der Waals surface area contributed by atoms with Gasteiger partial charge in [0.25, 0.3) is 0 Å². The third kappa shape index (κ3) is 6.95. The molecule has 31 heavy (non-hydrogen) atoms. The van der Waals surface area contributed by atoms with Gasteiger partial charge in [-0.15, -0.1) is 0 Å². The van der Waals surface area contributed by atoms with Crippen LogP contribution in [-0.2, 0) is 26.2 Å². The van der Waals surface area contributed by atoms with Crippen molar-refractivity contribution in [2.45, 2.75) is 26.4 Å². The molecule has 2 rings (SSSR count). The molecule has 0 spiro atoms. The zero-order valence-corrected chi connectivity index (χ0v) is 20.7. The van der Waals surface area contributed by atoms with Crippen molar-refractivity contribution in [3.8, 4) is 0 Å². The summed E-state index contributed by atoms with van der Waals surface area (Å²) in [5.74, 6) is -0.843. The lowest BCUT2D eigenvalue weighted by molar-refractivity contribution is -0.139. The van der Waals surface area contributed by atoms with Gasteiger partial charge in [0.15, 0.2) is 0 Å². The molecule has 0 aliphatic rings. The van der Waals surface area contributed by atoms with Crippen molar-refractivity contribution in [1.82, 2.24) is 10.2 Å². The van der Waals surface area contributed by atoms with Crippen molar-refractivity contribution in [2.75, 3.05) is 23.7 Å². The second kappa shape index (κ2) is 11.0. The lowest BCUT2D eigenvalue weighted by Gasteiger charge is -2.31. The zero-order valence-electron chi connectivity index (χ0n) is 17.5. The van der Waals surface area contributed by atoms with Crippen LogP contribution in [0.15, 0.2) is 53.0 Å². The number of carbonyl (C=O) groups is 2. The van der Waals surface area contributed by atoms with Gasteiger partial charge in [0.05, 0.1) is 11.9 Å². The Hall–Kier alpha value is -2.10. The first kappa shape index (κ1) is 25.2. The van der Waals surface area contributed by atoms with E-state index in [1.165, 1.54) is 4.90 Å². The lowest BCUT2D eigenvalue weighted by Crippen LogP contribution is -2.51. The van der Waals surface area contributed by atoms with Crippen molar-refractivity contribution < 1.29 is 18.0 Å². The number of likely N-dealkylation sites (N-methyl/N-ethyl adjacent to an activating group) is 1. The molecule has 0 saturated heterocycles. The van der Waals surface area contributed by atoms with Gasteiger partial charge in [-0.05, 0) is 59.6 Å². The molecule has 0 radical (unpaired) electrons. The molecule has 0 heterocycles. The third-order valence-corrected chi connectivity index (χ3v) is 6.59. The third-order valence-electron chi connectivity index (χ3n) is 4.56. The van der Waals surface area contributed by atoms with Crippen LogP contribution in [0, 0.1) is 0 Å². The predicted octanol–water partition coefficient (Wildman–Crippen LogP) is 3.42. The summed E-state index contributed by atoms with van der Waals surface area (Å²) in [5, 5.41) is 3.21. The van der Waals surface area contributed by atoms with Crippen LogP contribution in [0.4, 0.5) is 5.69 Å². The number of hydrogen-bond acceptors (Lipinski definition) is 4. The van der Waals surface area contributed by atoms with Crippen LogP contribution in [0.25, 0.3) is 0 Å². The SMILES string of the molecule is CCNC(=O)[C@H](C)N(Cc1cccc(Cl)c1)C(=O)CN(c1ccccc1Br)S(C)(=O)=O. The Morgan fingerprint density at radius 1 is 1.16 bits per heavy atom. The second-order valence-corrected chi connectivity index (χ2v) is 10.1. The summed E-state index contributed by atoms with van der Waals surface area (Å²) < 4.78 is 26.5. The molecular formula is C21H25BrClN3O4S. The number of nitrogens with zero attached hydrogens (tertiary/aromatic N) is 2.